The van der Waals surface area contributed by atoms with Gasteiger partial charge in [0, 0.05) is 6.42 Å². The molecule has 0 radical (unpaired) electrons. The van der Waals surface area contributed by atoms with Crippen molar-refractivity contribution >= 4 is 5.97 Å². The standard InChI is InChI=1S/C33H58O3/c1-3-5-7-9-11-13-15-19-26-31(34)27-20-16-17-21-29-33(35)36-32-28-23-22-25-30(32)24-18-14-12-10-8-6-4-2/h22-23,25,28,31,34H,3-21,24,26-27,29H2,1-2H3. The fourth-order valence-electron chi connectivity index (χ4n) is 4.92. The zero-order valence-corrected chi connectivity index (χ0v) is 23.9. The predicted molar refractivity (Wildman–Crippen MR) is 155 cm³/mol. The number of benzene rings is 1. The van der Waals surface area contributed by atoms with Crippen LogP contribution in [0.2, 0.25) is 0 Å². The molecule has 1 unspecified atom stereocenters. The molecule has 208 valence electrons. The molecule has 0 heterocycles. The molecular weight excluding hydrogens is 444 g/mol. The van der Waals surface area contributed by atoms with Gasteiger partial charge in [-0.15, -0.1) is 0 Å². The Morgan fingerprint density at radius 2 is 1.14 bits per heavy atom. The highest BCUT2D eigenvalue weighted by atomic mass is 16.5. The van der Waals surface area contributed by atoms with Gasteiger partial charge >= 0.3 is 5.97 Å². The van der Waals surface area contributed by atoms with E-state index in [-0.39, 0.29) is 12.1 Å². The normalized spacial score (nSPS) is 12.1. The van der Waals surface area contributed by atoms with Gasteiger partial charge in [-0.1, -0.05) is 141 Å². The van der Waals surface area contributed by atoms with E-state index in [1.165, 1.54) is 83.5 Å². The SMILES string of the molecule is CCCCCCCCCCC(O)CCCCCCC(=O)Oc1ccccc1CCCCCCCCC. The predicted octanol–water partition coefficient (Wildman–Crippen LogP) is 10.1. The number of carbonyl (C=O) groups excluding carboxylic acids is 1. The van der Waals surface area contributed by atoms with Crippen molar-refractivity contribution in [2.45, 2.75) is 168 Å². The van der Waals surface area contributed by atoms with Crippen LogP contribution in [0.4, 0.5) is 0 Å². The quantitative estimate of drug-likeness (QED) is 0.0821. The Labute approximate surface area is 223 Å². The number of carbonyl (C=O) groups is 1. The molecule has 0 saturated heterocycles. The molecular formula is C33H58O3. The first-order chi connectivity index (χ1) is 17.7. The van der Waals surface area contributed by atoms with Crippen LogP contribution in [0.15, 0.2) is 24.3 Å². The van der Waals surface area contributed by atoms with Crippen LogP contribution >= 0.6 is 0 Å². The molecule has 3 nitrogen and oxygen atoms in total. The van der Waals surface area contributed by atoms with Gasteiger partial charge in [0.1, 0.15) is 5.75 Å². The molecule has 3 heteroatoms. The summed E-state index contributed by atoms with van der Waals surface area (Å²) >= 11 is 0. The van der Waals surface area contributed by atoms with Crippen molar-refractivity contribution in [2.75, 3.05) is 0 Å². The maximum atomic E-state index is 12.4. The second-order valence-corrected chi connectivity index (χ2v) is 10.8. The van der Waals surface area contributed by atoms with E-state index in [4.69, 9.17) is 4.74 Å². The van der Waals surface area contributed by atoms with Crippen molar-refractivity contribution in [3.8, 4) is 5.75 Å². The van der Waals surface area contributed by atoms with E-state index in [2.05, 4.69) is 19.9 Å². The smallest absolute Gasteiger partial charge is 0.311 e. The maximum absolute atomic E-state index is 12.4. The van der Waals surface area contributed by atoms with Crippen LogP contribution in [0.25, 0.3) is 0 Å². The summed E-state index contributed by atoms with van der Waals surface area (Å²) in [5.41, 5.74) is 1.16. The summed E-state index contributed by atoms with van der Waals surface area (Å²) in [6, 6.07) is 8.02. The van der Waals surface area contributed by atoms with E-state index < -0.39 is 0 Å². The van der Waals surface area contributed by atoms with Crippen LogP contribution in [0.1, 0.15) is 161 Å². The van der Waals surface area contributed by atoms with Crippen LogP contribution in [-0.2, 0) is 11.2 Å². The number of aliphatic hydroxyl groups excluding tert-OH is 1. The number of esters is 1. The fourth-order valence-corrected chi connectivity index (χ4v) is 4.92. The Balaban J connectivity index is 2.05. The lowest BCUT2D eigenvalue weighted by molar-refractivity contribution is -0.134. The van der Waals surface area contributed by atoms with E-state index in [0.29, 0.717) is 6.42 Å². The highest BCUT2D eigenvalue weighted by molar-refractivity contribution is 5.72. The topological polar surface area (TPSA) is 46.5 Å². The lowest BCUT2D eigenvalue weighted by Gasteiger charge is -2.11. The number of para-hydroxylation sites is 1. The molecule has 1 aromatic rings. The zero-order valence-electron chi connectivity index (χ0n) is 23.9. The van der Waals surface area contributed by atoms with Gasteiger partial charge in [-0.3, -0.25) is 4.79 Å². The van der Waals surface area contributed by atoms with Gasteiger partial charge in [0.2, 0.25) is 0 Å². The third-order valence-electron chi connectivity index (χ3n) is 7.31. The average molecular weight is 503 g/mol. The Morgan fingerprint density at radius 1 is 0.667 bits per heavy atom. The number of rotatable bonds is 25. The molecule has 0 spiro atoms. The number of aryl methyl sites for hydroxylation is 1. The molecule has 0 fully saturated rings. The highest BCUT2D eigenvalue weighted by Gasteiger charge is 2.09. The van der Waals surface area contributed by atoms with Crippen LogP contribution < -0.4 is 4.74 Å². The lowest BCUT2D eigenvalue weighted by atomic mass is 10.0. The molecule has 1 aromatic carbocycles. The minimum absolute atomic E-state index is 0.114. The summed E-state index contributed by atoms with van der Waals surface area (Å²) in [6.07, 6.45) is 26.7. The molecule has 0 saturated carbocycles. The van der Waals surface area contributed by atoms with E-state index in [1.54, 1.807) is 0 Å². The Bertz CT molecular complexity index is 627. The Morgan fingerprint density at radius 3 is 1.72 bits per heavy atom. The summed E-state index contributed by atoms with van der Waals surface area (Å²) < 4.78 is 5.71. The summed E-state index contributed by atoms with van der Waals surface area (Å²) in [5, 5.41) is 10.2. The number of aliphatic hydroxyl groups is 1. The minimum atomic E-state index is -0.150. The molecule has 1 atom stereocenters. The number of ether oxygens (including phenoxy) is 1. The first-order valence-corrected chi connectivity index (χ1v) is 15.6. The molecule has 0 aromatic heterocycles. The lowest BCUT2D eigenvalue weighted by Crippen LogP contribution is -2.09. The van der Waals surface area contributed by atoms with Crippen LogP contribution in [-0.4, -0.2) is 17.2 Å². The minimum Gasteiger partial charge on any atom is -0.426 e. The summed E-state index contributed by atoms with van der Waals surface area (Å²) in [5.74, 6) is 0.634. The average Bonchev–Trinajstić information content (AvgIpc) is 2.88. The van der Waals surface area contributed by atoms with E-state index in [9.17, 15) is 9.90 Å². The molecule has 0 bridgehead atoms. The number of hydrogen-bond donors (Lipinski definition) is 1. The molecule has 0 amide bonds. The molecule has 1 N–H and O–H groups in total. The van der Waals surface area contributed by atoms with E-state index in [1.807, 2.05) is 18.2 Å². The Hall–Kier alpha value is -1.35. The summed E-state index contributed by atoms with van der Waals surface area (Å²) in [7, 11) is 0. The van der Waals surface area contributed by atoms with Crippen LogP contribution in [0, 0.1) is 0 Å². The Kier molecular flexibility index (Phi) is 21.8. The van der Waals surface area contributed by atoms with Gasteiger partial charge in [-0.25, -0.2) is 0 Å². The second kappa shape index (κ2) is 24.0. The van der Waals surface area contributed by atoms with Crippen molar-refractivity contribution in [1.82, 2.24) is 0 Å². The van der Waals surface area contributed by atoms with Gasteiger partial charge in [0.05, 0.1) is 6.10 Å². The summed E-state index contributed by atoms with van der Waals surface area (Å²) in [4.78, 5) is 12.4. The largest absolute Gasteiger partial charge is 0.426 e. The van der Waals surface area contributed by atoms with Crippen LogP contribution in [0.5, 0.6) is 5.75 Å². The first kappa shape index (κ1) is 32.7. The van der Waals surface area contributed by atoms with Crippen molar-refractivity contribution in [3.05, 3.63) is 29.8 Å². The number of hydrogen-bond acceptors (Lipinski definition) is 3. The fraction of sp³-hybridized carbons (Fsp3) is 0.788. The molecule has 0 aliphatic carbocycles. The third-order valence-corrected chi connectivity index (χ3v) is 7.31. The summed E-state index contributed by atoms with van der Waals surface area (Å²) in [6.45, 7) is 4.51. The molecule has 1 rings (SSSR count). The van der Waals surface area contributed by atoms with E-state index in [0.717, 1.165) is 69.1 Å². The molecule has 0 aliphatic rings. The first-order valence-electron chi connectivity index (χ1n) is 15.6. The van der Waals surface area contributed by atoms with Crippen molar-refractivity contribution in [2.24, 2.45) is 0 Å². The van der Waals surface area contributed by atoms with Gasteiger partial charge in [0.25, 0.3) is 0 Å². The zero-order chi connectivity index (χ0) is 26.1. The number of unbranched alkanes of at least 4 members (excludes halogenated alkanes) is 16. The second-order valence-electron chi connectivity index (χ2n) is 10.8. The van der Waals surface area contributed by atoms with Crippen molar-refractivity contribution in [1.29, 1.82) is 0 Å². The van der Waals surface area contributed by atoms with Gasteiger partial charge in [-0.05, 0) is 43.7 Å². The van der Waals surface area contributed by atoms with Crippen molar-refractivity contribution in [3.63, 3.8) is 0 Å². The van der Waals surface area contributed by atoms with E-state index >= 15 is 0 Å². The van der Waals surface area contributed by atoms with Gasteiger partial charge < -0.3 is 9.84 Å². The van der Waals surface area contributed by atoms with Gasteiger partial charge in [0.15, 0.2) is 0 Å². The molecule has 0 aliphatic heterocycles. The van der Waals surface area contributed by atoms with Crippen LogP contribution in [0.3, 0.4) is 0 Å². The third kappa shape index (κ3) is 18.9. The van der Waals surface area contributed by atoms with Crippen molar-refractivity contribution < 1.29 is 14.6 Å². The maximum Gasteiger partial charge on any atom is 0.311 e. The molecule has 36 heavy (non-hydrogen) atoms. The monoisotopic (exact) mass is 502 g/mol. The highest BCUT2D eigenvalue weighted by Crippen LogP contribution is 2.22. The van der Waals surface area contributed by atoms with Gasteiger partial charge in [-0.2, -0.15) is 0 Å².